The summed E-state index contributed by atoms with van der Waals surface area (Å²) in [7, 11) is 0. The first-order chi connectivity index (χ1) is 11.9. The SMILES string of the molecule is CCOC(=O)c1ccccc1/C=C(C)/C=C/C=C(\C)CCC=C(C)C. The zero-order chi connectivity index (χ0) is 18.7. The maximum absolute atomic E-state index is 12.0. The van der Waals surface area contributed by atoms with Crippen LogP contribution in [0, 0.1) is 0 Å². The van der Waals surface area contributed by atoms with Gasteiger partial charge in [-0.1, -0.05) is 65.3 Å². The normalized spacial score (nSPS) is 12.4. The number of ether oxygens (including phenoxy) is 1. The monoisotopic (exact) mass is 338 g/mol. The van der Waals surface area contributed by atoms with Crippen LogP contribution in [0.15, 0.2) is 65.3 Å². The molecule has 2 heteroatoms. The highest BCUT2D eigenvalue weighted by Gasteiger charge is 2.09. The van der Waals surface area contributed by atoms with Crippen molar-refractivity contribution in [3.8, 4) is 0 Å². The second-order valence-electron chi connectivity index (χ2n) is 6.39. The van der Waals surface area contributed by atoms with Gasteiger partial charge in [0.15, 0.2) is 0 Å². The molecule has 0 aliphatic carbocycles. The molecule has 0 atom stereocenters. The number of esters is 1. The van der Waals surface area contributed by atoms with E-state index in [1.54, 1.807) is 6.07 Å². The lowest BCUT2D eigenvalue weighted by molar-refractivity contribution is 0.0526. The third-order valence-electron chi connectivity index (χ3n) is 3.67. The Balaban J connectivity index is 2.78. The number of hydrogen-bond donors (Lipinski definition) is 0. The molecule has 0 bridgehead atoms. The minimum absolute atomic E-state index is 0.277. The van der Waals surface area contributed by atoms with E-state index in [0.29, 0.717) is 12.2 Å². The lowest BCUT2D eigenvalue weighted by Gasteiger charge is -2.05. The molecule has 0 aromatic heterocycles. The summed E-state index contributed by atoms with van der Waals surface area (Å²) >= 11 is 0. The lowest BCUT2D eigenvalue weighted by atomic mass is 10.0. The van der Waals surface area contributed by atoms with Crippen LogP contribution in [0.3, 0.4) is 0 Å². The van der Waals surface area contributed by atoms with Crippen molar-refractivity contribution in [1.82, 2.24) is 0 Å². The van der Waals surface area contributed by atoms with E-state index in [9.17, 15) is 4.79 Å². The molecule has 0 aliphatic heterocycles. The first kappa shape index (κ1) is 20.7. The van der Waals surface area contributed by atoms with Crippen molar-refractivity contribution in [3.05, 3.63) is 76.4 Å². The first-order valence-electron chi connectivity index (χ1n) is 8.85. The molecule has 25 heavy (non-hydrogen) atoms. The van der Waals surface area contributed by atoms with Crippen LogP contribution in [-0.4, -0.2) is 12.6 Å². The predicted octanol–water partition coefficient (Wildman–Crippen LogP) is 6.52. The zero-order valence-corrected chi connectivity index (χ0v) is 16.1. The van der Waals surface area contributed by atoms with Crippen LogP contribution >= 0.6 is 0 Å². The lowest BCUT2D eigenvalue weighted by Crippen LogP contribution is -2.06. The van der Waals surface area contributed by atoms with E-state index in [4.69, 9.17) is 4.74 Å². The maximum Gasteiger partial charge on any atom is 0.338 e. The molecule has 0 fully saturated rings. The van der Waals surface area contributed by atoms with Gasteiger partial charge in [-0.15, -0.1) is 0 Å². The van der Waals surface area contributed by atoms with Crippen LogP contribution in [-0.2, 0) is 4.74 Å². The van der Waals surface area contributed by atoms with Crippen molar-refractivity contribution in [2.24, 2.45) is 0 Å². The van der Waals surface area contributed by atoms with Crippen LogP contribution in [0.25, 0.3) is 6.08 Å². The molecule has 2 nitrogen and oxygen atoms in total. The fourth-order valence-electron chi connectivity index (χ4n) is 2.35. The quantitative estimate of drug-likeness (QED) is 0.306. The molecule has 1 rings (SSSR count). The summed E-state index contributed by atoms with van der Waals surface area (Å²) in [5.74, 6) is -0.277. The summed E-state index contributed by atoms with van der Waals surface area (Å²) in [6, 6.07) is 7.52. The third-order valence-corrected chi connectivity index (χ3v) is 3.67. The van der Waals surface area contributed by atoms with E-state index in [0.717, 1.165) is 24.0 Å². The number of carbonyl (C=O) groups excluding carboxylic acids is 1. The van der Waals surface area contributed by atoms with Gasteiger partial charge < -0.3 is 4.74 Å². The standard InChI is InChI=1S/C23H30O2/c1-6-25-23(24)22-16-8-7-15-21(22)17-20(5)14-10-13-19(4)12-9-11-18(2)3/h7-8,10-11,13-17H,6,9,12H2,1-5H3/b14-10+,19-13+,20-17+. The average molecular weight is 338 g/mol. The number of hydrogen-bond acceptors (Lipinski definition) is 2. The smallest absolute Gasteiger partial charge is 0.338 e. The minimum atomic E-state index is -0.277. The van der Waals surface area contributed by atoms with Crippen LogP contribution in [0.2, 0.25) is 0 Å². The summed E-state index contributed by atoms with van der Waals surface area (Å²) in [4.78, 5) is 12.0. The number of benzene rings is 1. The summed E-state index contributed by atoms with van der Waals surface area (Å²) in [5.41, 5.74) is 5.29. The van der Waals surface area contributed by atoms with Crippen molar-refractivity contribution in [1.29, 1.82) is 0 Å². The molecule has 0 saturated carbocycles. The second-order valence-corrected chi connectivity index (χ2v) is 6.39. The average Bonchev–Trinajstić information content (AvgIpc) is 2.55. The van der Waals surface area contributed by atoms with E-state index < -0.39 is 0 Å². The zero-order valence-electron chi connectivity index (χ0n) is 16.1. The molecule has 0 unspecified atom stereocenters. The van der Waals surface area contributed by atoms with Gasteiger partial charge in [-0.25, -0.2) is 4.79 Å². The Kier molecular flexibility index (Phi) is 9.31. The van der Waals surface area contributed by atoms with Crippen molar-refractivity contribution in [2.45, 2.75) is 47.5 Å². The maximum atomic E-state index is 12.0. The molecule has 0 spiro atoms. The molecule has 1 aromatic carbocycles. The Morgan fingerprint density at radius 3 is 2.52 bits per heavy atom. The summed E-state index contributed by atoms with van der Waals surface area (Å²) in [5, 5.41) is 0. The van der Waals surface area contributed by atoms with Gasteiger partial charge in [0.2, 0.25) is 0 Å². The molecule has 134 valence electrons. The van der Waals surface area contributed by atoms with Crippen LogP contribution < -0.4 is 0 Å². The first-order valence-corrected chi connectivity index (χ1v) is 8.85. The van der Waals surface area contributed by atoms with Crippen LogP contribution in [0.4, 0.5) is 0 Å². The Labute approximate surface area is 152 Å². The van der Waals surface area contributed by atoms with Crippen molar-refractivity contribution in [3.63, 3.8) is 0 Å². The van der Waals surface area contributed by atoms with E-state index in [1.807, 2.05) is 38.1 Å². The van der Waals surface area contributed by atoms with Gasteiger partial charge in [0, 0.05) is 0 Å². The van der Waals surface area contributed by atoms with Gasteiger partial charge in [-0.3, -0.25) is 0 Å². The summed E-state index contributed by atoms with van der Waals surface area (Å²) in [6.45, 7) is 10.6. The third kappa shape index (κ3) is 8.35. The van der Waals surface area contributed by atoms with Gasteiger partial charge >= 0.3 is 5.97 Å². The number of carbonyl (C=O) groups is 1. The van der Waals surface area contributed by atoms with Gasteiger partial charge in [-0.2, -0.15) is 0 Å². The van der Waals surface area contributed by atoms with Gasteiger partial charge in [-0.05, 0) is 59.1 Å². The van der Waals surface area contributed by atoms with Crippen LogP contribution in [0.5, 0.6) is 0 Å². The minimum Gasteiger partial charge on any atom is -0.462 e. The predicted molar refractivity (Wildman–Crippen MR) is 108 cm³/mol. The highest BCUT2D eigenvalue weighted by Crippen LogP contribution is 2.15. The highest BCUT2D eigenvalue weighted by atomic mass is 16.5. The van der Waals surface area contributed by atoms with Gasteiger partial charge in [0.1, 0.15) is 0 Å². The molecule has 1 aromatic rings. The Bertz CT molecular complexity index is 684. The Hall–Kier alpha value is -2.35. The molecule has 0 N–H and O–H groups in total. The molecule has 0 amide bonds. The Morgan fingerprint density at radius 2 is 1.84 bits per heavy atom. The highest BCUT2D eigenvalue weighted by molar-refractivity contribution is 5.93. The Morgan fingerprint density at radius 1 is 1.12 bits per heavy atom. The van der Waals surface area contributed by atoms with Crippen LogP contribution in [0.1, 0.15) is 63.4 Å². The summed E-state index contributed by atoms with van der Waals surface area (Å²) in [6.07, 6.45) is 12.7. The van der Waals surface area contributed by atoms with E-state index in [-0.39, 0.29) is 5.97 Å². The van der Waals surface area contributed by atoms with Gasteiger partial charge in [0.25, 0.3) is 0 Å². The number of allylic oxidation sites excluding steroid dienone is 7. The number of rotatable bonds is 8. The molecular weight excluding hydrogens is 308 g/mol. The van der Waals surface area contributed by atoms with Gasteiger partial charge in [0.05, 0.1) is 12.2 Å². The molecule has 0 saturated heterocycles. The van der Waals surface area contributed by atoms with Crippen molar-refractivity contribution < 1.29 is 9.53 Å². The van der Waals surface area contributed by atoms with Crippen molar-refractivity contribution >= 4 is 12.0 Å². The van der Waals surface area contributed by atoms with E-state index in [2.05, 4.69) is 45.1 Å². The molecule has 0 heterocycles. The molecule has 0 radical (unpaired) electrons. The second kappa shape index (κ2) is 11.2. The molecular formula is C23H30O2. The topological polar surface area (TPSA) is 26.3 Å². The largest absolute Gasteiger partial charge is 0.462 e. The van der Waals surface area contributed by atoms with Crippen molar-refractivity contribution in [2.75, 3.05) is 6.61 Å². The summed E-state index contributed by atoms with van der Waals surface area (Å²) < 4.78 is 5.12. The fourth-order valence-corrected chi connectivity index (χ4v) is 2.35. The molecule has 0 aliphatic rings. The van der Waals surface area contributed by atoms with E-state index >= 15 is 0 Å². The fraction of sp³-hybridized carbons (Fsp3) is 0.348. The van der Waals surface area contributed by atoms with E-state index in [1.165, 1.54) is 11.1 Å².